The van der Waals surface area contributed by atoms with E-state index in [4.69, 9.17) is 22.9 Å². The van der Waals surface area contributed by atoms with Crippen molar-refractivity contribution in [3.63, 3.8) is 0 Å². The Morgan fingerprint density at radius 3 is 1.70 bits per heavy atom. The van der Waals surface area contributed by atoms with E-state index in [1.54, 1.807) is 4.90 Å². The Balaban J connectivity index is 1.64. The monoisotopic (exact) mass is 850 g/mol. The molecule has 0 aliphatic carbocycles. The van der Waals surface area contributed by atoms with E-state index in [0.717, 1.165) is 11.1 Å². The van der Waals surface area contributed by atoms with Crippen LogP contribution in [0.1, 0.15) is 76.3 Å². The van der Waals surface area contributed by atoms with Crippen LogP contribution in [0.2, 0.25) is 0 Å². The molecule has 1 aliphatic heterocycles. The second kappa shape index (κ2) is 27.8. The van der Waals surface area contributed by atoms with Crippen molar-refractivity contribution in [2.24, 2.45) is 28.9 Å². The van der Waals surface area contributed by atoms with Gasteiger partial charge < -0.3 is 59.7 Å². The maximum absolute atomic E-state index is 14.0. The molecule has 61 heavy (non-hydrogen) atoms. The fourth-order valence-electron chi connectivity index (χ4n) is 7.06. The van der Waals surface area contributed by atoms with Gasteiger partial charge in [-0.15, -0.1) is 0 Å². The largest absolute Gasteiger partial charge is 0.354 e. The molecular weight excluding hydrogens is 779 g/mol. The van der Waals surface area contributed by atoms with Gasteiger partial charge in [0.05, 0.1) is 12.1 Å². The number of nitrogens with zero attached hydrogens (tertiary/aromatic N) is 1. The smallest absolute Gasteiger partial charge is 0.245 e. The van der Waals surface area contributed by atoms with Crippen LogP contribution in [-0.4, -0.2) is 122 Å². The topological polar surface area (TPSA) is 282 Å². The Hall–Kier alpha value is -4.94. The number of rotatable bonds is 27. The first kappa shape index (κ1) is 50.4. The van der Waals surface area contributed by atoms with Crippen LogP contribution in [-0.2, 0) is 41.6 Å². The second-order valence-corrected chi connectivity index (χ2v) is 16.2. The zero-order valence-electron chi connectivity index (χ0n) is 36.0. The molecule has 2 aromatic carbocycles. The Morgan fingerprint density at radius 2 is 1.10 bits per heavy atom. The molecule has 1 saturated heterocycles. The van der Waals surface area contributed by atoms with E-state index < -0.39 is 65.8 Å². The molecule has 17 nitrogen and oxygen atoms in total. The molecule has 14 N–H and O–H groups in total. The summed E-state index contributed by atoms with van der Waals surface area (Å²) in [6.07, 6.45) is 3.79. The maximum Gasteiger partial charge on any atom is 0.245 e. The summed E-state index contributed by atoms with van der Waals surface area (Å²) >= 11 is 0. The van der Waals surface area contributed by atoms with Gasteiger partial charge in [-0.2, -0.15) is 0 Å². The number of carbonyl (C=O) groups is 6. The van der Waals surface area contributed by atoms with Crippen molar-refractivity contribution in [2.45, 2.75) is 114 Å². The number of hydrogen-bond acceptors (Lipinski definition) is 11. The zero-order valence-corrected chi connectivity index (χ0v) is 36.0. The number of piperazine rings is 1. The lowest BCUT2D eigenvalue weighted by Gasteiger charge is -2.31. The van der Waals surface area contributed by atoms with Gasteiger partial charge in [0.1, 0.15) is 24.2 Å². The van der Waals surface area contributed by atoms with Crippen molar-refractivity contribution in [3.05, 3.63) is 71.8 Å². The quantitative estimate of drug-likeness (QED) is 0.0503. The van der Waals surface area contributed by atoms with Crippen molar-refractivity contribution < 1.29 is 28.8 Å². The lowest BCUT2D eigenvalue weighted by Crippen LogP contribution is -2.58. The number of amides is 6. The highest BCUT2D eigenvalue weighted by Crippen LogP contribution is 2.12. The van der Waals surface area contributed by atoms with Gasteiger partial charge in [0, 0.05) is 39.1 Å². The van der Waals surface area contributed by atoms with Gasteiger partial charge in [0.25, 0.3) is 0 Å². The highest BCUT2D eigenvalue weighted by Gasteiger charge is 2.32. The minimum absolute atomic E-state index is 0.0115. The molecule has 338 valence electrons. The van der Waals surface area contributed by atoms with Crippen LogP contribution in [0.25, 0.3) is 0 Å². The normalized spacial score (nSPS) is 15.7. The average Bonchev–Trinajstić information content (AvgIpc) is 3.26. The van der Waals surface area contributed by atoms with E-state index in [-0.39, 0.29) is 44.1 Å². The Bertz CT molecular complexity index is 1640. The summed E-state index contributed by atoms with van der Waals surface area (Å²) in [5.74, 6) is -2.60. The van der Waals surface area contributed by atoms with E-state index in [0.29, 0.717) is 77.8 Å². The minimum Gasteiger partial charge on any atom is -0.354 e. The standard InChI is InChI=1S/C44H71N11O6/c1-30(2)27-37(54-43(60)38(29-32-15-7-4-8-16-32)53-40(57)34(48)28-31-13-5-3-6-14-31)42(59)51-35(19-12-21-46)41(58)50-22-10-9-18-36(44(61)55-25-23-49-24-26-55)52-39(56)33(47)17-11-20-45/h3-8,13-16,30,33-38,49H,9-12,17-29,45-48H2,1-2H3,(H,50,58)(H,51,59)(H,52,56)(H,53,57)(H,54,60)/t33-,34-,35-,36?,37-,38-/m1/s1. The molecule has 3 rings (SSSR count). The number of unbranched alkanes of at least 4 members (excludes halogenated alkanes) is 1. The Morgan fingerprint density at radius 1 is 0.590 bits per heavy atom. The van der Waals surface area contributed by atoms with E-state index in [1.165, 1.54) is 0 Å². The fraction of sp³-hybridized carbons (Fsp3) is 0.591. The highest BCUT2D eigenvalue weighted by atomic mass is 16.2. The number of benzene rings is 2. The summed E-state index contributed by atoms with van der Waals surface area (Å²) in [5, 5.41) is 17.5. The minimum atomic E-state index is -1.04. The predicted octanol–water partition coefficient (Wildman–Crippen LogP) is -0.692. The molecule has 2 aromatic rings. The average molecular weight is 850 g/mol. The zero-order chi connectivity index (χ0) is 44.6. The maximum atomic E-state index is 14.0. The Labute approximate surface area is 361 Å². The van der Waals surface area contributed by atoms with E-state index >= 15 is 0 Å². The summed E-state index contributed by atoms with van der Waals surface area (Å²) in [5.41, 5.74) is 25.4. The van der Waals surface area contributed by atoms with Crippen molar-refractivity contribution in [2.75, 3.05) is 45.8 Å². The van der Waals surface area contributed by atoms with Crippen LogP contribution in [0, 0.1) is 5.92 Å². The first-order valence-corrected chi connectivity index (χ1v) is 21.8. The van der Waals surface area contributed by atoms with Crippen LogP contribution in [0.3, 0.4) is 0 Å². The van der Waals surface area contributed by atoms with Gasteiger partial charge in [-0.3, -0.25) is 28.8 Å². The van der Waals surface area contributed by atoms with Crippen molar-refractivity contribution in [3.8, 4) is 0 Å². The van der Waals surface area contributed by atoms with Crippen LogP contribution < -0.4 is 54.8 Å². The van der Waals surface area contributed by atoms with Gasteiger partial charge in [-0.25, -0.2) is 0 Å². The van der Waals surface area contributed by atoms with Crippen LogP contribution in [0.5, 0.6) is 0 Å². The van der Waals surface area contributed by atoms with E-state index in [1.807, 2.05) is 74.5 Å². The van der Waals surface area contributed by atoms with Crippen molar-refractivity contribution in [1.82, 2.24) is 36.8 Å². The summed E-state index contributed by atoms with van der Waals surface area (Å²) in [6.45, 7) is 7.19. The second-order valence-electron chi connectivity index (χ2n) is 16.2. The molecule has 17 heteroatoms. The van der Waals surface area contributed by atoms with Gasteiger partial charge >= 0.3 is 0 Å². The summed E-state index contributed by atoms with van der Waals surface area (Å²) in [4.78, 5) is 82.8. The molecule has 0 aromatic heterocycles. The first-order chi connectivity index (χ1) is 29.3. The third-order valence-electron chi connectivity index (χ3n) is 10.5. The predicted molar refractivity (Wildman–Crippen MR) is 236 cm³/mol. The molecule has 6 atom stereocenters. The van der Waals surface area contributed by atoms with Gasteiger partial charge in [-0.1, -0.05) is 74.5 Å². The number of hydrogen-bond donors (Lipinski definition) is 10. The van der Waals surface area contributed by atoms with Crippen LogP contribution in [0.4, 0.5) is 0 Å². The SMILES string of the molecule is CC(C)C[C@@H](NC(=O)[C@@H](Cc1ccccc1)NC(=O)[C@H](N)Cc1ccccc1)C(=O)N[C@H](CCCN)C(=O)NCCCCC(NC(=O)[C@H](N)CCCN)C(=O)N1CCNCC1. The van der Waals surface area contributed by atoms with Crippen molar-refractivity contribution in [1.29, 1.82) is 0 Å². The highest BCUT2D eigenvalue weighted by molar-refractivity contribution is 5.95. The molecule has 0 radical (unpaired) electrons. The Kier molecular flexibility index (Phi) is 23.0. The molecule has 0 bridgehead atoms. The molecule has 0 saturated carbocycles. The first-order valence-electron chi connectivity index (χ1n) is 21.8. The fourth-order valence-corrected chi connectivity index (χ4v) is 7.06. The van der Waals surface area contributed by atoms with Gasteiger partial charge in [0.2, 0.25) is 35.4 Å². The molecule has 1 unspecified atom stereocenters. The molecular formula is C44H71N11O6. The summed E-state index contributed by atoms with van der Waals surface area (Å²) in [7, 11) is 0. The summed E-state index contributed by atoms with van der Waals surface area (Å²) in [6, 6.07) is 13.1. The van der Waals surface area contributed by atoms with E-state index in [9.17, 15) is 28.8 Å². The van der Waals surface area contributed by atoms with Gasteiger partial charge in [-0.05, 0) is 87.9 Å². The molecule has 1 heterocycles. The molecule has 1 aliphatic rings. The molecule has 1 fully saturated rings. The lowest BCUT2D eigenvalue weighted by atomic mass is 10.00. The van der Waals surface area contributed by atoms with Crippen LogP contribution in [0.15, 0.2) is 60.7 Å². The van der Waals surface area contributed by atoms with Gasteiger partial charge in [0.15, 0.2) is 0 Å². The summed E-state index contributed by atoms with van der Waals surface area (Å²) < 4.78 is 0. The van der Waals surface area contributed by atoms with Crippen molar-refractivity contribution >= 4 is 35.4 Å². The van der Waals surface area contributed by atoms with Crippen LogP contribution >= 0.6 is 0 Å². The number of carbonyl (C=O) groups excluding carboxylic acids is 6. The molecule has 6 amide bonds. The molecule has 0 spiro atoms. The number of nitrogens with one attached hydrogen (secondary N) is 6. The third kappa shape index (κ3) is 18.7. The lowest BCUT2D eigenvalue weighted by molar-refractivity contribution is -0.137. The third-order valence-corrected chi connectivity index (χ3v) is 10.5. The number of nitrogens with two attached hydrogens (primary N) is 4. The van der Waals surface area contributed by atoms with E-state index in [2.05, 4.69) is 31.9 Å².